The number of carbonyl (C=O) groups is 2. The molecule has 0 aromatic carbocycles. The maximum atomic E-state index is 12.2. The summed E-state index contributed by atoms with van der Waals surface area (Å²) in [5.74, 6) is 0.372. The highest BCUT2D eigenvalue weighted by Gasteiger charge is 2.40. The van der Waals surface area contributed by atoms with Gasteiger partial charge in [-0.15, -0.1) is 0 Å². The first kappa shape index (κ1) is 15.1. The molecular weight excluding hydrogens is 256 g/mol. The van der Waals surface area contributed by atoms with Gasteiger partial charge in [-0.3, -0.25) is 4.79 Å². The van der Waals surface area contributed by atoms with Gasteiger partial charge in [-0.2, -0.15) is 0 Å². The molecule has 5 nitrogen and oxygen atoms in total. The van der Waals surface area contributed by atoms with Crippen molar-refractivity contribution < 1.29 is 14.7 Å². The molecule has 0 aromatic heterocycles. The Morgan fingerprint density at radius 3 is 2.60 bits per heavy atom. The highest BCUT2D eigenvalue weighted by atomic mass is 16.4. The van der Waals surface area contributed by atoms with Crippen LogP contribution in [-0.2, 0) is 4.79 Å². The van der Waals surface area contributed by atoms with E-state index in [2.05, 4.69) is 19.2 Å². The molecule has 5 heteroatoms. The molecule has 2 aliphatic rings. The van der Waals surface area contributed by atoms with Crippen LogP contribution in [0.25, 0.3) is 0 Å². The highest BCUT2D eigenvalue weighted by Crippen LogP contribution is 2.37. The number of aliphatic carboxylic acids is 1. The Hall–Kier alpha value is -1.26. The normalized spacial score (nSPS) is 26.1. The number of rotatable bonds is 6. The number of carboxylic acids is 1. The average Bonchev–Trinajstić information content (AvgIpc) is 2.96. The summed E-state index contributed by atoms with van der Waals surface area (Å²) < 4.78 is 0. The minimum atomic E-state index is -0.787. The molecule has 114 valence electrons. The SMILES string of the molecule is CC(C)CC(CNC(=O)N1CC2CCC1C2)CC(=O)O. The van der Waals surface area contributed by atoms with Gasteiger partial charge in [0.05, 0.1) is 0 Å². The summed E-state index contributed by atoms with van der Waals surface area (Å²) in [6, 6.07) is 0.416. The third-order valence-electron chi connectivity index (χ3n) is 4.48. The molecule has 1 saturated heterocycles. The van der Waals surface area contributed by atoms with Crippen molar-refractivity contribution in [1.82, 2.24) is 10.2 Å². The topological polar surface area (TPSA) is 69.6 Å². The zero-order chi connectivity index (χ0) is 14.7. The zero-order valence-corrected chi connectivity index (χ0v) is 12.5. The summed E-state index contributed by atoms with van der Waals surface area (Å²) in [5.41, 5.74) is 0. The van der Waals surface area contributed by atoms with Crippen molar-refractivity contribution in [2.24, 2.45) is 17.8 Å². The third kappa shape index (κ3) is 3.87. The first-order chi connectivity index (χ1) is 9.45. The van der Waals surface area contributed by atoms with Gasteiger partial charge in [-0.05, 0) is 43.4 Å². The highest BCUT2D eigenvalue weighted by molar-refractivity contribution is 5.75. The molecule has 0 aromatic rings. The first-order valence-corrected chi connectivity index (χ1v) is 7.72. The van der Waals surface area contributed by atoms with Gasteiger partial charge in [-0.1, -0.05) is 13.8 Å². The molecule has 20 heavy (non-hydrogen) atoms. The Balaban J connectivity index is 1.79. The van der Waals surface area contributed by atoms with Crippen LogP contribution in [-0.4, -0.2) is 41.1 Å². The van der Waals surface area contributed by atoms with E-state index in [1.165, 1.54) is 6.42 Å². The Kier molecular flexibility index (Phi) is 4.89. The number of likely N-dealkylation sites (tertiary alicyclic amines) is 1. The molecule has 2 amide bonds. The molecule has 1 saturated carbocycles. The zero-order valence-electron chi connectivity index (χ0n) is 12.5. The fraction of sp³-hybridized carbons (Fsp3) is 0.867. The minimum Gasteiger partial charge on any atom is -0.481 e. The van der Waals surface area contributed by atoms with Crippen LogP contribution in [0.5, 0.6) is 0 Å². The van der Waals surface area contributed by atoms with Gasteiger partial charge in [-0.25, -0.2) is 4.79 Å². The van der Waals surface area contributed by atoms with E-state index in [0.717, 1.165) is 25.8 Å². The van der Waals surface area contributed by atoms with E-state index < -0.39 is 5.97 Å². The number of carbonyl (C=O) groups excluding carboxylic acids is 1. The smallest absolute Gasteiger partial charge is 0.317 e. The molecular formula is C15H26N2O3. The summed E-state index contributed by atoms with van der Waals surface area (Å²) in [5, 5.41) is 11.9. The molecule has 2 N–H and O–H groups in total. The summed E-state index contributed by atoms with van der Waals surface area (Å²) in [6.45, 7) is 5.51. The molecule has 1 heterocycles. The molecule has 2 rings (SSSR count). The van der Waals surface area contributed by atoms with Crippen molar-refractivity contribution in [2.75, 3.05) is 13.1 Å². The van der Waals surface area contributed by atoms with Crippen molar-refractivity contribution in [3.05, 3.63) is 0 Å². The molecule has 2 bridgehead atoms. The van der Waals surface area contributed by atoms with Gasteiger partial charge >= 0.3 is 12.0 Å². The Morgan fingerprint density at radius 1 is 1.35 bits per heavy atom. The molecule has 1 aliphatic heterocycles. The minimum absolute atomic E-state index is 0.00338. The molecule has 0 radical (unpaired) electrons. The largest absolute Gasteiger partial charge is 0.481 e. The lowest BCUT2D eigenvalue weighted by atomic mass is 9.94. The second-order valence-corrected chi connectivity index (χ2v) is 6.76. The maximum absolute atomic E-state index is 12.2. The van der Waals surface area contributed by atoms with E-state index in [4.69, 9.17) is 5.11 Å². The van der Waals surface area contributed by atoms with Gasteiger partial charge in [0.2, 0.25) is 0 Å². The number of nitrogens with one attached hydrogen (secondary N) is 1. The van der Waals surface area contributed by atoms with Crippen LogP contribution in [0, 0.1) is 17.8 Å². The fourth-order valence-electron chi connectivity index (χ4n) is 3.66. The fourth-order valence-corrected chi connectivity index (χ4v) is 3.66. The van der Waals surface area contributed by atoms with Crippen LogP contribution in [0.1, 0.15) is 46.0 Å². The number of piperidine rings is 1. The summed E-state index contributed by atoms with van der Waals surface area (Å²) >= 11 is 0. The average molecular weight is 282 g/mol. The monoisotopic (exact) mass is 282 g/mol. The predicted octanol–water partition coefficient (Wildman–Crippen LogP) is 2.32. The number of amides is 2. The summed E-state index contributed by atoms with van der Waals surface area (Å²) in [4.78, 5) is 25.0. The molecule has 0 spiro atoms. The lowest BCUT2D eigenvalue weighted by molar-refractivity contribution is -0.138. The summed E-state index contributed by atoms with van der Waals surface area (Å²) in [6.07, 6.45) is 4.49. The Morgan fingerprint density at radius 2 is 2.10 bits per heavy atom. The number of carboxylic acid groups (broad SMARTS) is 1. The number of hydrogen-bond acceptors (Lipinski definition) is 2. The second kappa shape index (κ2) is 6.46. The van der Waals surface area contributed by atoms with Gasteiger partial charge in [0.25, 0.3) is 0 Å². The molecule has 3 unspecified atom stereocenters. The predicted molar refractivity (Wildman–Crippen MR) is 76.4 cm³/mol. The third-order valence-corrected chi connectivity index (χ3v) is 4.48. The van der Waals surface area contributed by atoms with E-state index in [9.17, 15) is 9.59 Å². The van der Waals surface area contributed by atoms with Gasteiger partial charge in [0, 0.05) is 25.6 Å². The number of fused-ring (bicyclic) bond motifs is 2. The van der Waals surface area contributed by atoms with E-state index in [-0.39, 0.29) is 18.4 Å². The van der Waals surface area contributed by atoms with E-state index in [1.807, 2.05) is 4.90 Å². The van der Waals surface area contributed by atoms with E-state index in [1.54, 1.807) is 0 Å². The van der Waals surface area contributed by atoms with Crippen molar-refractivity contribution in [3.63, 3.8) is 0 Å². The Labute approximate surface area is 120 Å². The maximum Gasteiger partial charge on any atom is 0.317 e. The van der Waals surface area contributed by atoms with Crippen LogP contribution in [0.3, 0.4) is 0 Å². The van der Waals surface area contributed by atoms with Crippen LogP contribution in [0.2, 0.25) is 0 Å². The van der Waals surface area contributed by atoms with Crippen molar-refractivity contribution >= 4 is 12.0 Å². The number of hydrogen-bond donors (Lipinski definition) is 2. The second-order valence-electron chi connectivity index (χ2n) is 6.76. The van der Waals surface area contributed by atoms with Gasteiger partial charge in [0.15, 0.2) is 0 Å². The molecule has 1 aliphatic carbocycles. The van der Waals surface area contributed by atoms with Crippen molar-refractivity contribution in [3.8, 4) is 0 Å². The Bertz CT molecular complexity index is 370. The van der Waals surface area contributed by atoms with Crippen LogP contribution < -0.4 is 5.32 Å². The first-order valence-electron chi connectivity index (χ1n) is 7.72. The van der Waals surface area contributed by atoms with E-state index >= 15 is 0 Å². The lowest BCUT2D eigenvalue weighted by Crippen LogP contribution is -2.45. The van der Waals surface area contributed by atoms with Gasteiger partial charge in [0.1, 0.15) is 0 Å². The van der Waals surface area contributed by atoms with Gasteiger partial charge < -0.3 is 15.3 Å². The summed E-state index contributed by atoms with van der Waals surface area (Å²) in [7, 11) is 0. The molecule has 3 atom stereocenters. The lowest BCUT2D eigenvalue weighted by Gasteiger charge is -2.28. The molecule has 2 fully saturated rings. The standard InChI is InChI=1S/C15H26N2O3/c1-10(2)5-12(7-14(18)19)8-16-15(20)17-9-11-3-4-13(17)6-11/h10-13H,3-9H2,1-2H3,(H,16,20)(H,18,19). The van der Waals surface area contributed by atoms with E-state index in [0.29, 0.717) is 24.4 Å². The van der Waals surface area contributed by atoms with Crippen molar-refractivity contribution in [1.29, 1.82) is 0 Å². The van der Waals surface area contributed by atoms with Crippen LogP contribution >= 0.6 is 0 Å². The quantitative estimate of drug-likeness (QED) is 0.785. The van der Waals surface area contributed by atoms with Crippen LogP contribution in [0.4, 0.5) is 4.79 Å². The number of nitrogens with zero attached hydrogens (tertiary/aromatic N) is 1. The number of urea groups is 1. The van der Waals surface area contributed by atoms with Crippen LogP contribution in [0.15, 0.2) is 0 Å². The van der Waals surface area contributed by atoms with Crippen molar-refractivity contribution in [2.45, 2.75) is 52.0 Å².